The van der Waals surface area contributed by atoms with Crippen molar-refractivity contribution in [3.8, 4) is 0 Å². The molecule has 0 bridgehead atoms. The van der Waals surface area contributed by atoms with Crippen LogP contribution in [0.2, 0.25) is 0 Å². The predicted molar refractivity (Wildman–Crippen MR) is 47.0 cm³/mol. The van der Waals surface area contributed by atoms with Crippen LogP contribution in [-0.4, -0.2) is 23.8 Å². The summed E-state index contributed by atoms with van der Waals surface area (Å²) in [5.74, 6) is 2.97. The van der Waals surface area contributed by atoms with E-state index in [2.05, 4.69) is 11.8 Å². The van der Waals surface area contributed by atoms with Gasteiger partial charge in [0.05, 0.1) is 0 Å². The molecule has 0 aliphatic carbocycles. The van der Waals surface area contributed by atoms with Crippen LogP contribution in [0.1, 0.15) is 12.8 Å². The van der Waals surface area contributed by atoms with E-state index < -0.39 is 0 Å². The maximum atomic E-state index is 2.15. The maximum absolute atomic E-state index is 2.15. The van der Waals surface area contributed by atoms with E-state index in [0.29, 0.717) is 0 Å². The van der Waals surface area contributed by atoms with E-state index in [-0.39, 0.29) is 0 Å². The van der Waals surface area contributed by atoms with Crippen molar-refractivity contribution in [2.75, 3.05) is 23.8 Å². The molecule has 0 atom stereocenters. The second kappa shape index (κ2) is 2.43. The lowest BCUT2D eigenvalue weighted by Gasteiger charge is -2.44. The van der Waals surface area contributed by atoms with Gasteiger partial charge in [0, 0.05) is 0 Å². The van der Waals surface area contributed by atoms with Gasteiger partial charge in [-0.1, -0.05) is 0 Å². The zero-order valence-corrected chi connectivity index (χ0v) is 7.47. The Morgan fingerprint density at radius 2 is 1.78 bits per heavy atom. The lowest BCUT2D eigenvalue weighted by Crippen LogP contribution is -2.38. The van der Waals surface area contributed by atoms with E-state index in [9.17, 15) is 0 Å². The van der Waals surface area contributed by atoms with Gasteiger partial charge in [-0.25, -0.2) is 0 Å². The van der Waals surface area contributed by atoms with Crippen molar-refractivity contribution >= 4 is 20.3 Å². The Bertz CT molecular complexity index is 101. The zero-order valence-electron chi connectivity index (χ0n) is 5.65. The molecule has 2 aliphatic rings. The fourth-order valence-corrected chi connectivity index (χ4v) is 4.66. The second-order valence-corrected chi connectivity index (χ2v) is 5.73. The monoisotopic (exact) mass is 160 g/mol. The van der Waals surface area contributed by atoms with E-state index in [0.717, 1.165) is 5.41 Å². The van der Waals surface area contributed by atoms with Gasteiger partial charge in [-0.15, -0.1) is 8.58 Å². The van der Waals surface area contributed by atoms with Crippen LogP contribution >= 0.6 is 20.3 Å². The van der Waals surface area contributed by atoms with Crippen LogP contribution in [0, 0.1) is 5.41 Å². The quantitative estimate of drug-likeness (QED) is 0.489. The Labute approximate surface area is 63.0 Å². The van der Waals surface area contributed by atoms with Crippen LogP contribution in [0.4, 0.5) is 0 Å². The Balaban J connectivity index is 1.93. The van der Waals surface area contributed by atoms with E-state index >= 15 is 0 Å². The van der Waals surface area contributed by atoms with Gasteiger partial charge in [0.15, 0.2) is 0 Å². The first kappa shape index (κ1) is 6.49. The minimum atomic E-state index is 0.871. The highest BCUT2D eigenvalue weighted by atomic mass is 32.2. The lowest BCUT2D eigenvalue weighted by molar-refractivity contribution is 0.330. The lowest BCUT2D eigenvalue weighted by atomic mass is 9.85. The molecule has 0 N–H and O–H groups in total. The summed E-state index contributed by atoms with van der Waals surface area (Å²) in [7, 11) is 1.30. The van der Waals surface area contributed by atoms with Crippen LogP contribution in [0.5, 0.6) is 0 Å². The molecule has 2 fully saturated rings. The third-order valence-corrected chi connectivity index (χ3v) is 5.32. The van der Waals surface area contributed by atoms with E-state index in [1.54, 1.807) is 25.2 Å². The molecule has 2 heterocycles. The molecule has 2 saturated heterocycles. The van der Waals surface area contributed by atoms with Gasteiger partial charge in [0.25, 0.3) is 0 Å². The molecule has 2 aliphatic heterocycles. The molecule has 52 valence electrons. The standard InChI is InChI=1S/C7H13PS/c1-3-8-4-2-7(1)5-9-6-7/h8H,1-6H2. The van der Waals surface area contributed by atoms with E-state index in [1.165, 1.54) is 20.1 Å². The number of thioether (sulfide) groups is 1. The molecule has 0 saturated carbocycles. The van der Waals surface area contributed by atoms with Crippen molar-refractivity contribution in [1.29, 1.82) is 0 Å². The summed E-state index contributed by atoms with van der Waals surface area (Å²) in [6.45, 7) is 0. The van der Waals surface area contributed by atoms with Crippen molar-refractivity contribution in [2.45, 2.75) is 12.8 Å². The first-order valence-corrected chi connectivity index (χ1v) is 6.27. The van der Waals surface area contributed by atoms with E-state index in [4.69, 9.17) is 0 Å². The summed E-state index contributed by atoms with van der Waals surface area (Å²) in [5.41, 5.74) is 0.871. The fraction of sp³-hybridized carbons (Fsp3) is 1.00. The molecule has 2 heteroatoms. The van der Waals surface area contributed by atoms with Crippen LogP contribution in [-0.2, 0) is 0 Å². The highest BCUT2D eigenvalue weighted by molar-refractivity contribution is 8.00. The van der Waals surface area contributed by atoms with Crippen molar-refractivity contribution < 1.29 is 0 Å². The molecule has 0 radical (unpaired) electrons. The second-order valence-electron chi connectivity index (χ2n) is 3.24. The van der Waals surface area contributed by atoms with Gasteiger partial charge >= 0.3 is 0 Å². The smallest absolute Gasteiger partial charge is 0.000244 e. The van der Waals surface area contributed by atoms with Gasteiger partial charge in [0.2, 0.25) is 0 Å². The number of hydrogen-bond donors (Lipinski definition) is 0. The molecule has 9 heavy (non-hydrogen) atoms. The molecule has 0 nitrogen and oxygen atoms in total. The molecule has 0 unspecified atom stereocenters. The SMILES string of the molecule is C1CC2(CCP1)CSC2. The first-order valence-electron chi connectivity index (χ1n) is 3.70. The van der Waals surface area contributed by atoms with Crippen molar-refractivity contribution in [1.82, 2.24) is 0 Å². The molecular weight excluding hydrogens is 147 g/mol. The molecule has 1 spiro atoms. The predicted octanol–water partition coefficient (Wildman–Crippen LogP) is 2.19. The average Bonchev–Trinajstić information content (AvgIpc) is 1.87. The van der Waals surface area contributed by atoms with Crippen molar-refractivity contribution in [2.24, 2.45) is 5.41 Å². The minimum Gasteiger partial charge on any atom is -0.161 e. The average molecular weight is 160 g/mol. The van der Waals surface area contributed by atoms with Crippen LogP contribution < -0.4 is 0 Å². The van der Waals surface area contributed by atoms with Gasteiger partial charge in [-0.3, -0.25) is 0 Å². The third kappa shape index (κ3) is 1.14. The van der Waals surface area contributed by atoms with Crippen molar-refractivity contribution in [3.05, 3.63) is 0 Å². The highest BCUT2D eigenvalue weighted by Crippen LogP contribution is 2.48. The Morgan fingerprint density at radius 3 is 2.11 bits per heavy atom. The number of rotatable bonds is 0. The summed E-state index contributed by atoms with van der Waals surface area (Å²) >= 11 is 2.15. The molecule has 0 aromatic rings. The molecule has 0 aromatic heterocycles. The zero-order chi connectivity index (χ0) is 6.16. The van der Waals surface area contributed by atoms with Crippen LogP contribution in [0.3, 0.4) is 0 Å². The van der Waals surface area contributed by atoms with Gasteiger partial charge in [-0.2, -0.15) is 11.8 Å². The Hall–Kier alpha value is 0.780. The van der Waals surface area contributed by atoms with Gasteiger partial charge in [0.1, 0.15) is 0 Å². The summed E-state index contributed by atoms with van der Waals surface area (Å²) in [6, 6.07) is 0. The summed E-state index contributed by atoms with van der Waals surface area (Å²) in [6.07, 6.45) is 6.19. The topological polar surface area (TPSA) is 0 Å². The Kier molecular flexibility index (Phi) is 1.75. The fourth-order valence-electron chi connectivity index (χ4n) is 1.64. The van der Waals surface area contributed by atoms with Crippen LogP contribution in [0.15, 0.2) is 0 Å². The molecular formula is C7H13PS. The van der Waals surface area contributed by atoms with Gasteiger partial charge in [-0.05, 0) is 42.1 Å². The normalized spacial score (nSPS) is 32.0. The largest absolute Gasteiger partial charge is 0.161 e. The summed E-state index contributed by atoms with van der Waals surface area (Å²) in [4.78, 5) is 0. The maximum Gasteiger partial charge on any atom is -0.000244 e. The highest BCUT2D eigenvalue weighted by Gasteiger charge is 2.38. The minimum absolute atomic E-state index is 0.871. The Morgan fingerprint density at radius 1 is 1.11 bits per heavy atom. The number of hydrogen-bond acceptors (Lipinski definition) is 1. The summed E-state index contributed by atoms with van der Waals surface area (Å²) in [5, 5.41) is 0. The summed E-state index contributed by atoms with van der Waals surface area (Å²) < 4.78 is 0. The van der Waals surface area contributed by atoms with E-state index in [1.807, 2.05) is 0 Å². The third-order valence-electron chi connectivity index (χ3n) is 2.48. The van der Waals surface area contributed by atoms with Crippen molar-refractivity contribution in [3.63, 3.8) is 0 Å². The molecule has 0 aromatic carbocycles. The van der Waals surface area contributed by atoms with Crippen LogP contribution in [0.25, 0.3) is 0 Å². The van der Waals surface area contributed by atoms with Gasteiger partial charge < -0.3 is 0 Å². The molecule has 0 amide bonds. The first-order chi connectivity index (χ1) is 4.41. The molecule has 2 rings (SSSR count).